The van der Waals surface area contributed by atoms with Crippen LogP contribution in [0.3, 0.4) is 0 Å². The predicted octanol–water partition coefficient (Wildman–Crippen LogP) is 0.449. The molecule has 0 fully saturated rings. The number of methoxy groups -OCH3 is 1. The van der Waals surface area contributed by atoms with Crippen molar-refractivity contribution in [2.45, 2.75) is 0 Å². The first-order chi connectivity index (χ1) is 8.19. The van der Waals surface area contributed by atoms with E-state index >= 15 is 0 Å². The molecule has 0 aliphatic carbocycles. The Kier molecular flexibility index (Phi) is 5.61. The summed E-state index contributed by atoms with van der Waals surface area (Å²) < 4.78 is 9.56. The lowest BCUT2D eigenvalue weighted by molar-refractivity contribution is -0.120. The van der Waals surface area contributed by atoms with Gasteiger partial charge in [-0.05, 0) is 11.4 Å². The number of nitrogens with one attached hydrogen (secondary N) is 1. The van der Waals surface area contributed by atoms with E-state index in [1.165, 1.54) is 18.4 Å². The van der Waals surface area contributed by atoms with Crippen molar-refractivity contribution in [3.8, 4) is 0 Å². The fourth-order valence-corrected chi connectivity index (χ4v) is 1.86. The van der Waals surface area contributed by atoms with Crippen LogP contribution in [0.15, 0.2) is 11.4 Å². The number of ether oxygens (including phenoxy) is 2. The molecule has 1 rings (SSSR count). The minimum absolute atomic E-state index is 0.0896. The molecule has 3 N–H and O–H groups in total. The molecule has 7 heteroatoms. The Bertz CT molecular complexity index is 391. The summed E-state index contributed by atoms with van der Waals surface area (Å²) in [7, 11) is 1.29. The van der Waals surface area contributed by atoms with Crippen molar-refractivity contribution >= 4 is 28.9 Å². The molecule has 1 heterocycles. The number of amides is 1. The fraction of sp³-hybridized carbons (Fsp3) is 0.400. The zero-order valence-corrected chi connectivity index (χ0v) is 10.2. The van der Waals surface area contributed by atoms with Crippen LogP contribution in [0.2, 0.25) is 0 Å². The van der Waals surface area contributed by atoms with Gasteiger partial charge in [0.15, 0.2) is 0 Å². The highest BCUT2D eigenvalue weighted by atomic mass is 32.1. The van der Waals surface area contributed by atoms with Gasteiger partial charge in [0.05, 0.1) is 19.4 Å². The molecule has 1 amide bonds. The summed E-state index contributed by atoms with van der Waals surface area (Å²) in [6.07, 6.45) is 0. The monoisotopic (exact) mass is 258 g/mol. The van der Waals surface area contributed by atoms with Crippen LogP contribution in [0.5, 0.6) is 0 Å². The number of esters is 1. The summed E-state index contributed by atoms with van der Waals surface area (Å²) in [5, 5.41) is 4.27. The third-order valence-electron chi connectivity index (χ3n) is 1.81. The van der Waals surface area contributed by atoms with Crippen molar-refractivity contribution in [3.05, 3.63) is 16.3 Å². The van der Waals surface area contributed by atoms with Crippen LogP contribution < -0.4 is 11.1 Å². The normalized spacial score (nSPS) is 10.0. The number of thiophene rings is 1. The highest BCUT2D eigenvalue weighted by molar-refractivity contribution is 7.12. The Hall–Kier alpha value is -1.44. The van der Waals surface area contributed by atoms with Gasteiger partial charge in [0.1, 0.15) is 11.5 Å². The molecule has 0 aromatic carbocycles. The molecule has 1 aromatic rings. The maximum atomic E-state index is 11.4. The molecule has 0 saturated heterocycles. The van der Waals surface area contributed by atoms with Gasteiger partial charge in [-0.1, -0.05) is 0 Å². The molecule has 1 aromatic heterocycles. The lowest BCUT2D eigenvalue weighted by Gasteiger charge is -2.05. The van der Waals surface area contributed by atoms with E-state index in [0.717, 1.165) is 0 Å². The molecule has 0 aliphatic rings. The van der Waals surface area contributed by atoms with E-state index in [1.807, 2.05) is 0 Å². The van der Waals surface area contributed by atoms with Crippen LogP contribution in [0, 0.1) is 0 Å². The third kappa shape index (κ3) is 4.14. The zero-order valence-electron chi connectivity index (χ0n) is 9.39. The lowest BCUT2D eigenvalue weighted by atomic mass is 10.4. The smallest absolute Gasteiger partial charge is 0.350 e. The number of carbonyl (C=O) groups is 2. The molecular weight excluding hydrogens is 244 g/mol. The van der Waals surface area contributed by atoms with E-state index < -0.39 is 5.97 Å². The highest BCUT2D eigenvalue weighted by Gasteiger charge is 2.15. The zero-order chi connectivity index (χ0) is 12.7. The van der Waals surface area contributed by atoms with Crippen LogP contribution in [-0.4, -0.2) is 38.7 Å². The van der Waals surface area contributed by atoms with E-state index in [1.54, 1.807) is 11.4 Å². The van der Waals surface area contributed by atoms with Gasteiger partial charge >= 0.3 is 5.97 Å². The summed E-state index contributed by atoms with van der Waals surface area (Å²) >= 11 is 1.20. The van der Waals surface area contributed by atoms with E-state index in [9.17, 15) is 9.59 Å². The van der Waals surface area contributed by atoms with Gasteiger partial charge in [0.2, 0.25) is 5.91 Å². The standard InChI is InChI=1S/C10H14N2O4S/c1-15-10(14)9-7(2-5-17-9)12-8(13)6-16-4-3-11/h2,5H,3-4,6,11H2,1H3,(H,12,13). The minimum Gasteiger partial charge on any atom is -0.465 e. The van der Waals surface area contributed by atoms with E-state index in [2.05, 4.69) is 10.1 Å². The predicted molar refractivity (Wildman–Crippen MR) is 64.2 cm³/mol. The average molecular weight is 258 g/mol. The van der Waals surface area contributed by atoms with Crippen molar-refractivity contribution in [1.82, 2.24) is 0 Å². The molecule has 0 bridgehead atoms. The Balaban J connectivity index is 2.53. The number of rotatable bonds is 6. The molecule has 0 radical (unpaired) electrons. The Morgan fingerprint density at radius 2 is 2.29 bits per heavy atom. The van der Waals surface area contributed by atoms with Gasteiger partial charge in [-0.25, -0.2) is 4.79 Å². The second-order valence-corrected chi connectivity index (χ2v) is 3.96. The minimum atomic E-state index is -0.474. The molecular formula is C10H14N2O4S. The SMILES string of the molecule is COC(=O)c1sccc1NC(=O)COCCN. The first kappa shape index (κ1) is 13.6. The van der Waals surface area contributed by atoms with Crippen LogP contribution in [0.25, 0.3) is 0 Å². The van der Waals surface area contributed by atoms with Crippen molar-refractivity contribution in [2.75, 3.05) is 32.2 Å². The molecule has 6 nitrogen and oxygen atoms in total. The summed E-state index contributed by atoms with van der Waals surface area (Å²) in [5.74, 6) is -0.805. The van der Waals surface area contributed by atoms with Gasteiger partial charge in [-0.2, -0.15) is 0 Å². The molecule has 0 aliphatic heterocycles. The van der Waals surface area contributed by atoms with Crippen LogP contribution >= 0.6 is 11.3 Å². The molecule has 0 saturated carbocycles. The topological polar surface area (TPSA) is 90.6 Å². The van der Waals surface area contributed by atoms with Gasteiger partial charge in [-0.15, -0.1) is 11.3 Å². The Labute approximate surface area is 103 Å². The number of hydrogen-bond acceptors (Lipinski definition) is 6. The molecule has 0 spiro atoms. The van der Waals surface area contributed by atoms with Crippen LogP contribution in [0.1, 0.15) is 9.67 Å². The fourth-order valence-electron chi connectivity index (χ4n) is 1.09. The summed E-state index contributed by atoms with van der Waals surface area (Å²) in [6, 6.07) is 1.64. The second-order valence-electron chi connectivity index (χ2n) is 3.04. The van der Waals surface area contributed by atoms with Crippen molar-refractivity contribution in [3.63, 3.8) is 0 Å². The van der Waals surface area contributed by atoms with Gasteiger partial charge in [-0.3, -0.25) is 4.79 Å². The van der Waals surface area contributed by atoms with Crippen LogP contribution in [0.4, 0.5) is 5.69 Å². The van der Waals surface area contributed by atoms with E-state index in [4.69, 9.17) is 10.5 Å². The second kappa shape index (κ2) is 7.00. The third-order valence-corrected chi connectivity index (χ3v) is 2.70. The number of nitrogens with two attached hydrogens (primary N) is 1. The Morgan fingerprint density at radius 1 is 1.53 bits per heavy atom. The molecule has 17 heavy (non-hydrogen) atoms. The van der Waals surface area contributed by atoms with Gasteiger partial charge in [0, 0.05) is 6.54 Å². The quantitative estimate of drug-likeness (QED) is 0.571. The average Bonchev–Trinajstić information content (AvgIpc) is 2.76. The number of anilines is 1. The highest BCUT2D eigenvalue weighted by Crippen LogP contribution is 2.22. The van der Waals surface area contributed by atoms with Gasteiger partial charge < -0.3 is 20.5 Å². The summed E-state index contributed by atoms with van der Waals surface area (Å²) in [5.41, 5.74) is 5.65. The molecule has 0 atom stereocenters. The molecule has 0 unspecified atom stereocenters. The number of hydrogen-bond donors (Lipinski definition) is 2. The van der Waals surface area contributed by atoms with E-state index in [-0.39, 0.29) is 12.5 Å². The first-order valence-corrected chi connectivity index (χ1v) is 5.80. The first-order valence-electron chi connectivity index (χ1n) is 4.92. The maximum Gasteiger partial charge on any atom is 0.350 e. The maximum absolute atomic E-state index is 11.4. The van der Waals surface area contributed by atoms with Crippen molar-refractivity contribution in [1.29, 1.82) is 0 Å². The van der Waals surface area contributed by atoms with Crippen molar-refractivity contribution < 1.29 is 19.1 Å². The Morgan fingerprint density at radius 3 is 2.94 bits per heavy atom. The largest absolute Gasteiger partial charge is 0.465 e. The van der Waals surface area contributed by atoms with Crippen LogP contribution in [-0.2, 0) is 14.3 Å². The molecule has 94 valence electrons. The van der Waals surface area contributed by atoms with Gasteiger partial charge in [0.25, 0.3) is 0 Å². The number of carbonyl (C=O) groups excluding carboxylic acids is 2. The van der Waals surface area contributed by atoms with Crippen molar-refractivity contribution in [2.24, 2.45) is 5.73 Å². The van der Waals surface area contributed by atoms with E-state index in [0.29, 0.717) is 23.7 Å². The summed E-state index contributed by atoms with van der Waals surface area (Å²) in [4.78, 5) is 23.1. The summed E-state index contributed by atoms with van der Waals surface area (Å²) in [6.45, 7) is 0.591. The lowest BCUT2D eigenvalue weighted by Crippen LogP contribution is -2.21.